The van der Waals surface area contributed by atoms with Crippen molar-refractivity contribution in [1.82, 2.24) is 20.5 Å². The maximum atomic E-state index is 12.3. The van der Waals surface area contributed by atoms with E-state index in [9.17, 15) is 22.8 Å². The monoisotopic (exact) mass is 341 g/mol. The van der Waals surface area contributed by atoms with Crippen LogP contribution in [0.2, 0.25) is 0 Å². The number of hydrogen-bond acceptors (Lipinski definition) is 4. The predicted molar refractivity (Wildman–Crippen MR) is 78.3 cm³/mol. The van der Waals surface area contributed by atoms with Crippen molar-refractivity contribution < 1.29 is 22.8 Å². The quantitative estimate of drug-likeness (QED) is 0.790. The minimum atomic E-state index is -4.69. The minimum absolute atomic E-state index is 0.387. The lowest BCUT2D eigenvalue weighted by molar-refractivity contribution is -0.144. The van der Waals surface area contributed by atoms with Crippen LogP contribution < -0.4 is 10.6 Å². The lowest BCUT2D eigenvalue weighted by Crippen LogP contribution is -2.33. The molecule has 0 saturated heterocycles. The second kappa shape index (κ2) is 6.69. The van der Waals surface area contributed by atoms with Crippen molar-refractivity contribution >= 4 is 17.8 Å². The first-order valence-corrected chi connectivity index (χ1v) is 6.81. The van der Waals surface area contributed by atoms with Crippen molar-refractivity contribution in [3.05, 3.63) is 40.7 Å². The summed E-state index contributed by atoms with van der Waals surface area (Å²) in [5.41, 5.74) is 2.17. The van der Waals surface area contributed by atoms with Gasteiger partial charge < -0.3 is 5.32 Å². The van der Waals surface area contributed by atoms with Gasteiger partial charge in [0.25, 0.3) is 5.91 Å². The Bertz CT molecular complexity index is 750. The molecule has 0 saturated carbocycles. The van der Waals surface area contributed by atoms with Gasteiger partial charge in [0.2, 0.25) is 17.7 Å². The van der Waals surface area contributed by atoms with E-state index in [4.69, 9.17) is 0 Å². The molecular weight excluding hydrogens is 327 g/mol. The van der Waals surface area contributed by atoms with Crippen molar-refractivity contribution in [2.75, 3.05) is 11.9 Å². The number of benzene rings is 1. The Morgan fingerprint density at radius 3 is 2.33 bits per heavy atom. The van der Waals surface area contributed by atoms with Crippen LogP contribution in [0.25, 0.3) is 0 Å². The summed E-state index contributed by atoms with van der Waals surface area (Å²) in [6.07, 6.45) is -4.69. The second-order valence-corrected chi connectivity index (χ2v) is 5.11. The fourth-order valence-corrected chi connectivity index (χ4v) is 1.98. The first-order chi connectivity index (χ1) is 11.1. The third kappa shape index (κ3) is 4.54. The van der Waals surface area contributed by atoms with Gasteiger partial charge in [-0.25, -0.2) is 0 Å². The zero-order valence-electron chi connectivity index (χ0n) is 12.8. The molecule has 0 unspecified atom stereocenters. The number of aryl methyl sites for hydroxylation is 2. The fraction of sp³-hybridized carbons (Fsp3) is 0.286. The Labute approximate surface area is 134 Å². The molecule has 1 heterocycles. The van der Waals surface area contributed by atoms with Crippen LogP contribution >= 0.6 is 0 Å². The van der Waals surface area contributed by atoms with E-state index in [0.29, 0.717) is 5.56 Å². The summed E-state index contributed by atoms with van der Waals surface area (Å²) < 4.78 is 37.0. The molecule has 2 aromatic rings. The SMILES string of the molecule is Cc1cc(C)cc(C(=O)NCC(=O)Nc2n[nH]c(C(F)(F)F)n2)c1. The van der Waals surface area contributed by atoms with Crippen LogP contribution in [0.1, 0.15) is 27.3 Å². The third-order valence-electron chi connectivity index (χ3n) is 2.90. The number of nitrogens with zero attached hydrogens (tertiary/aromatic N) is 2. The Hall–Kier alpha value is -2.91. The van der Waals surface area contributed by atoms with Gasteiger partial charge in [-0.05, 0) is 26.0 Å². The summed E-state index contributed by atoms with van der Waals surface area (Å²) in [4.78, 5) is 26.7. The van der Waals surface area contributed by atoms with Gasteiger partial charge in [0, 0.05) is 5.56 Å². The number of carbonyl (C=O) groups is 2. The summed E-state index contributed by atoms with van der Waals surface area (Å²) in [5, 5.41) is 9.32. The molecule has 0 aliphatic heterocycles. The molecule has 0 aliphatic rings. The van der Waals surface area contributed by atoms with Crippen LogP contribution in [0.15, 0.2) is 18.2 Å². The molecule has 2 rings (SSSR count). The van der Waals surface area contributed by atoms with Crippen molar-refractivity contribution in [3.8, 4) is 0 Å². The summed E-state index contributed by atoms with van der Waals surface area (Å²) in [7, 11) is 0. The minimum Gasteiger partial charge on any atom is -0.343 e. The van der Waals surface area contributed by atoms with Gasteiger partial charge in [0.1, 0.15) is 0 Å². The van der Waals surface area contributed by atoms with Gasteiger partial charge in [-0.2, -0.15) is 18.2 Å². The average molecular weight is 341 g/mol. The van der Waals surface area contributed by atoms with Gasteiger partial charge in [-0.15, -0.1) is 5.10 Å². The molecule has 128 valence electrons. The summed E-state index contributed by atoms with van der Waals surface area (Å²) >= 11 is 0. The van der Waals surface area contributed by atoms with E-state index in [1.54, 1.807) is 17.2 Å². The molecule has 24 heavy (non-hydrogen) atoms. The van der Waals surface area contributed by atoms with E-state index >= 15 is 0 Å². The van der Waals surface area contributed by atoms with Crippen LogP contribution in [0.4, 0.5) is 19.1 Å². The summed E-state index contributed by atoms with van der Waals surface area (Å²) in [6.45, 7) is 3.23. The fourth-order valence-electron chi connectivity index (χ4n) is 1.98. The Kier molecular flexibility index (Phi) is 4.86. The number of halogens is 3. The molecule has 0 bridgehead atoms. The lowest BCUT2D eigenvalue weighted by Gasteiger charge is -2.06. The number of aromatic amines is 1. The smallest absolute Gasteiger partial charge is 0.343 e. The van der Waals surface area contributed by atoms with Gasteiger partial charge in [-0.3, -0.25) is 20.0 Å². The van der Waals surface area contributed by atoms with Crippen LogP contribution in [-0.4, -0.2) is 33.5 Å². The highest BCUT2D eigenvalue weighted by Gasteiger charge is 2.35. The molecule has 0 spiro atoms. The molecule has 2 amide bonds. The van der Waals surface area contributed by atoms with Gasteiger partial charge >= 0.3 is 6.18 Å². The number of H-pyrrole nitrogens is 1. The number of nitrogens with one attached hydrogen (secondary N) is 3. The van der Waals surface area contributed by atoms with E-state index in [0.717, 1.165) is 11.1 Å². The highest BCUT2D eigenvalue weighted by atomic mass is 19.4. The van der Waals surface area contributed by atoms with E-state index in [-0.39, 0.29) is 0 Å². The van der Waals surface area contributed by atoms with E-state index < -0.39 is 36.3 Å². The molecule has 0 fully saturated rings. The van der Waals surface area contributed by atoms with E-state index in [2.05, 4.69) is 20.7 Å². The molecule has 0 aliphatic carbocycles. The van der Waals surface area contributed by atoms with Gasteiger partial charge in [0.05, 0.1) is 6.54 Å². The molecule has 10 heteroatoms. The second-order valence-electron chi connectivity index (χ2n) is 5.11. The molecule has 1 aromatic carbocycles. The number of carbonyl (C=O) groups excluding carboxylic acids is 2. The molecule has 7 nitrogen and oxygen atoms in total. The normalized spacial score (nSPS) is 11.2. The maximum Gasteiger partial charge on any atom is 0.451 e. The average Bonchev–Trinajstić information content (AvgIpc) is 2.92. The largest absolute Gasteiger partial charge is 0.451 e. The Morgan fingerprint density at radius 2 is 1.79 bits per heavy atom. The summed E-state index contributed by atoms with van der Waals surface area (Å²) in [6, 6.07) is 5.21. The van der Waals surface area contributed by atoms with Crippen molar-refractivity contribution in [2.24, 2.45) is 0 Å². The number of aromatic nitrogens is 3. The molecule has 0 atom stereocenters. The molecular formula is C14H14F3N5O2. The van der Waals surface area contributed by atoms with Gasteiger partial charge in [-0.1, -0.05) is 17.2 Å². The first kappa shape index (κ1) is 17.4. The van der Waals surface area contributed by atoms with E-state index in [1.807, 2.05) is 19.9 Å². The van der Waals surface area contributed by atoms with Crippen LogP contribution in [0.3, 0.4) is 0 Å². The van der Waals surface area contributed by atoms with Crippen molar-refractivity contribution in [3.63, 3.8) is 0 Å². The molecule has 3 N–H and O–H groups in total. The lowest BCUT2D eigenvalue weighted by atomic mass is 10.1. The highest BCUT2D eigenvalue weighted by molar-refractivity contribution is 5.99. The van der Waals surface area contributed by atoms with Crippen molar-refractivity contribution in [1.29, 1.82) is 0 Å². The van der Waals surface area contributed by atoms with Crippen molar-refractivity contribution in [2.45, 2.75) is 20.0 Å². The first-order valence-electron chi connectivity index (χ1n) is 6.81. The maximum absolute atomic E-state index is 12.3. The number of alkyl halides is 3. The van der Waals surface area contributed by atoms with Crippen LogP contribution in [0.5, 0.6) is 0 Å². The van der Waals surface area contributed by atoms with Gasteiger partial charge in [0.15, 0.2) is 0 Å². The standard InChI is InChI=1S/C14H14F3N5O2/c1-7-3-8(2)5-9(4-7)11(24)18-6-10(23)19-13-20-12(21-22-13)14(15,16)17/h3-5H,6H2,1-2H3,(H,18,24)(H2,19,20,21,22,23). The highest BCUT2D eigenvalue weighted by Crippen LogP contribution is 2.26. The molecule has 1 aromatic heterocycles. The number of amides is 2. The van der Waals surface area contributed by atoms with E-state index in [1.165, 1.54) is 0 Å². The Morgan fingerprint density at radius 1 is 1.17 bits per heavy atom. The Balaban J connectivity index is 1.91. The zero-order valence-corrected chi connectivity index (χ0v) is 12.8. The predicted octanol–water partition coefficient (Wildman–Crippen LogP) is 1.81. The van der Waals surface area contributed by atoms with Crippen LogP contribution in [0, 0.1) is 13.8 Å². The zero-order chi connectivity index (χ0) is 17.9. The number of hydrogen-bond donors (Lipinski definition) is 3. The van der Waals surface area contributed by atoms with Crippen LogP contribution in [-0.2, 0) is 11.0 Å². The molecule has 0 radical (unpaired) electrons. The number of rotatable bonds is 4. The summed E-state index contributed by atoms with van der Waals surface area (Å²) in [5.74, 6) is -3.06. The number of anilines is 1. The third-order valence-corrected chi connectivity index (χ3v) is 2.90. The topological polar surface area (TPSA) is 99.8 Å².